The Morgan fingerprint density at radius 3 is 2.07 bits per heavy atom. The average molecular weight is 192 g/mol. The molecule has 0 aliphatic heterocycles. The van der Waals surface area contributed by atoms with Gasteiger partial charge >= 0.3 is 5.97 Å². The number of rotatable bonds is 2. The van der Waals surface area contributed by atoms with E-state index in [2.05, 4.69) is 18.0 Å². The van der Waals surface area contributed by atoms with Gasteiger partial charge in [-0.05, 0) is 5.56 Å². The van der Waals surface area contributed by atoms with Gasteiger partial charge in [-0.25, -0.2) is 4.79 Å². The molecule has 0 aromatic heterocycles. The first-order valence-electron chi connectivity index (χ1n) is 3.90. The van der Waals surface area contributed by atoms with Gasteiger partial charge in [-0.15, -0.1) is 0 Å². The largest absolute Gasteiger partial charge is 0.365 e. The van der Waals surface area contributed by atoms with Gasteiger partial charge in [0.2, 0.25) is 0 Å². The van der Waals surface area contributed by atoms with E-state index in [4.69, 9.17) is 5.26 Å². The summed E-state index contributed by atoms with van der Waals surface area (Å²) in [6, 6.07) is 10.0. The smallest absolute Gasteiger partial charge is 0.296 e. The second kappa shape index (κ2) is 7.76. The number of carbonyl (C=O) groups is 1. The highest BCUT2D eigenvalue weighted by Gasteiger charge is 1.85. The topological polar surface area (TPSA) is 46.5 Å². The van der Waals surface area contributed by atoms with Crippen molar-refractivity contribution < 1.29 is 14.9 Å². The van der Waals surface area contributed by atoms with Gasteiger partial charge in [-0.1, -0.05) is 49.6 Å². The summed E-state index contributed by atoms with van der Waals surface area (Å²) in [4.78, 5) is 12.7. The van der Waals surface area contributed by atoms with Crippen molar-refractivity contribution >= 4 is 12.0 Å². The van der Waals surface area contributed by atoms with Gasteiger partial charge in [-0.2, -0.15) is 5.26 Å². The summed E-state index contributed by atoms with van der Waals surface area (Å²) in [5, 5.41) is 7.41. The molecule has 0 spiro atoms. The van der Waals surface area contributed by atoms with Crippen LogP contribution in [0.5, 0.6) is 0 Å². The Morgan fingerprint density at radius 1 is 1.29 bits per heavy atom. The Balaban J connectivity index is 0.000000255. The minimum Gasteiger partial charge on any atom is -0.296 e. The van der Waals surface area contributed by atoms with Gasteiger partial charge in [0.1, 0.15) is 0 Å². The average Bonchev–Trinajstić information content (AvgIpc) is 2.30. The van der Waals surface area contributed by atoms with Gasteiger partial charge in [0, 0.05) is 6.08 Å². The lowest BCUT2D eigenvalue weighted by Gasteiger charge is -1.85. The summed E-state index contributed by atoms with van der Waals surface area (Å²) in [7, 11) is 0. The van der Waals surface area contributed by atoms with Crippen molar-refractivity contribution in [3.63, 3.8) is 0 Å². The molecule has 0 bridgehead atoms. The van der Waals surface area contributed by atoms with Gasteiger partial charge in [0.25, 0.3) is 0 Å². The van der Waals surface area contributed by atoms with Crippen LogP contribution in [0, 0.1) is 0 Å². The van der Waals surface area contributed by atoms with Gasteiger partial charge in [0.05, 0.1) is 0 Å². The molecule has 0 atom stereocenters. The van der Waals surface area contributed by atoms with Crippen LogP contribution in [0.4, 0.5) is 0 Å². The van der Waals surface area contributed by atoms with E-state index in [9.17, 15) is 4.79 Å². The van der Waals surface area contributed by atoms with Crippen LogP contribution >= 0.6 is 0 Å². The van der Waals surface area contributed by atoms with E-state index in [0.29, 0.717) is 0 Å². The van der Waals surface area contributed by atoms with Crippen LogP contribution in [-0.2, 0) is 9.68 Å². The summed E-state index contributed by atoms with van der Waals surface area (Å²) in [5.74, 6) is -0.838. The fraction of sp³-hybridized carbons (Fsp3) is 0. The first-order chi connectivity index (χ1) is 6.74. The van der Waals surface area contributed by atoms with Gasteiger partial charge < -0.3 is 0 Å². The second-order valence-electron chi connectivity index (χ2n) is 2.23. The van der Waals surface area contributed by atoms with Gasteiger partial charge in [0.15, 0.2) is 0 Å². The minimum atomic E-state index is -0.838. The third-order valence-corrected chi connectivity index (χ3v) is 1.29. The predicted molar refractivity (Wildman–Crippen MR) is 55.5 cm³/mol. The third kappa shape index (κ3) is 5.74. The Bertz CT molecular complexity index is 291. The standard InChI is InChI=1S/C8H8.C3H4O3/c1-2-8-6-4-3-5-7-8;1-2-3(4)6-5/h2-7H,1H2;2,5H,1H2. The molecule has 0 amide bonds. The molecule has 1 N–H and O–H groups in total. The van der Waals surface area contributed by atoms with Crippen LogP contribution < -0.4 is 0 Å². The molecule has 0 fully saturated rings. The Labute approximate surface area is 82.9 Å². The second-order valence-corrected chi connectivity index (χ2v) is 2.23. The molecule has 0 saturated heterocycles. The SMILES string of the molecule is C=CC(=O)OO.C=Cc1ccccc1. The number of hydrogen-bond acceptors (Lipinski definition) is 3. The molecule has 0 saturated carbocycles. The maximum atomic E-state index is 9.59. The van der Waals surface area contributed by atoms with Crippen molar-refractivity contribution in [3.05, 3.63) is 55.1 Å². The maximum absolute atomic E-state index is 9.59. The van der Waals surface area contributed by atoms with Gasteiger partial charge in [-0.3, -0.25) is 4.89 Å². The fourth-order valence-electron chi connectivity index (χ4n) is 0.626. The first-order valence-corrected chi connectivity index (χ1v) is 3.90. The van der Waals surface area contributed by atoms with E-state index in [1.165, 1.54) is 5.56 Å². The van der Waals surface area contributed by atoms with Crippen molar-refractivity contribution in [2.24, 2.45) is 0 Å². The fourth-order valence-corrected chi connectivity index (χ4v) is 0.626. The first kappa shape index (κ1) is 12.1. The van der Waals surface area contributed by atoms with Crippen molar-refractivity contribution in [2.45, 2.75) is 0 Å². The molecule has 0 aliphatic rings. The predicted octanol–water partition coefficient (Wildman–Crippen LogP) is 2.52. The molecular formula is C11H12O3. The summed E-state index contributed by atoms with van der Waals surface area (Å²) >= 11 is 0. The van der Waals surface area contributed by atoms with E-state index in [0.717, 1.165) is 6.08 Å². The monoisotopic (exact) mass is 192 g/mol. The maximum Gasteiger partial charge on any atom is 0.365 e. The molecule has 0 unspecified atom stereocenters. The highest BCUT2D eigenvalue weighted by Crippen LogP contribution is 1.97. The molecule has 0 radical (unpaired) electrons. The van der Waals surface area contributed by atoms with Crippen molar-refractivity contribution in [2.75, 3.05) is 0 Å². The van der Waals surface area contributed by atoms with Crippen molar-refractivity contribution in [3.8, 4) is 0 Å². The summed E-state index contributed by atoms with van der Waals surface area (Å²) in [6.45, 7) is 6.63. The Hall–Kier alpha value is -1.87. The highest BCUT2D eigenvalue weighted by atomic mass is 17.1. The molecule has 14 heavy (non-hydrogen) atoms. The third-order valence-electron chi connectivity index (χ3n) is 1.29. The van der Waals surface area contributed by atoms with Crippen molar-refractivity contribution in [1.29, 1.82) is 0 Å². The van der Waals surface area contributed by atoms with E-state index in [1.807, 2.05) is 36.4 Å². The van der Waals surface area contributed by atoms with Crippen LogP contribution in [0.2, 0.25) is 0 Å². The van der Waals surface area contributed by atoms with Crippen LogP contribution in [0.15, 0.2) is 49.6 Å². The normalized spacial score (nSPS) is 7.79. The van der Waals surface area contributed by atoms with E-state index >= 15 is 0 Å². The minimum absolute atomic E-state index is 0.838. The van der Waals surface area contributed by atoms with E-state index in [1.54, 1.807) is 0 Å². The number of carbonyl (C=O) groups excluding carboxylic acids is 1. The zero-order chi connectivity index (χ0) is 10.8. The molecule has 0 aliphatic carbocycles. The zero-order valence-corrected chi connectivity index (χ0v) is 7.72. The summed E-state index contributed by atoms with van der Waals surface area (Å²) in [5.41, 5.74) is 1.17. The number of benzene rings is 1. The quantitative estimate of drug-likeness (QED) is 0.445. The molecule has 3 heteroatoms. The molecule has 74 valence electrons. The molecular weight excluding hydrogens is 180 g/mol. The van der Waals surface area contributed by atoms with Crippen LogP contribution in [0.25, 0.3) is 6.08 Å². The van der Waals surface area contributed by atoms with E-state index < -0.39 is 5.97 Å². The Kier molecular flexibility index (Phi) is 6.73. The molecule has 1 aromatic rings. The zero-order valence-electron chi connectivity index (χ0n) is 7.72. The number of hydrogen-bond donors (Lipinski definition) is 1. The highest BCUT2D eigenvalue weighted by molar-refractivity contribution is 5.80. The lowest BCUT2D eigenvalue weighted by Crippen LogP contribution is -1.92. The molecule has 3 nitrogen and oxygen atoms in total. The molecule has 0 heterocycles. The summed E-state index contributed by atoms with van der Waals surface area (Å²) in [6.07, 6.45) is 2.69. The summed E-state index contributed by atoms with van der Waals surface area (Å²) < 4.78 is 0. The lowest BCUT2D eigenvalue weighted by molar-refractivity contribution is -0.228. The van der Waals surface area contributed by atoms with E-state index in [-0.39, 0.29) is 0 Å². The molecule has 1 aromatic carbocycles. The van der Waals surface area contributed by atoms with Crippen LogP contribution in [0.3, 0.4) is 0 Å². The molecule has 1 rings (SSSR count). The lowest BCUT2D eigenvalue weighted by atomic mass is 10.2. The Morgan fingerprint density at radius 2 is 1.86 bits per heavy atom. The van der Waals surface area contributed by atoms with Crippen LogP contribution in [0.1, 0.15) is 5.56 Å². The van der Waals surface area contributed by atoms with Crippen LogP contribution in [-0.4, -0.2) is 11.2 Å². The van der Waals surface area contributed by atoms with Crippen molar-refractivity contribution in [1.82, 2.24) is 0 Å².